The van der Waals surface area contributed by atoms with Gasteiger partial charge in [0.15, 0.2) is 0 Å². The van der Waals surface area contributed by atoms with Gasteiger partial charge in [0, 0.05) is 6.54 Å². The molecule has 0 atom stereocenters. The SMILES string of the molecule is CCc1ccc(CNS(=O)(=O)CCC2CCNCC2)cc1. The fourth-order valence-corrected chi connectivity index (χ4v) is 3.83. The van der Waals surface area contributed by atoms with E-state index in [1.807, 2.05) is 12.1 Å². The first-order valence-electron chi connectivity index (χ1n) is 7.85. The summed E-state index contributed by atoms with van der Waals surface area (Å²) < 4.78 is 26.8. The molecule has 0 aromatic heterocycles. The third kappa shape index (κ3) is 5.77. The van der Waals surface area contributed by atoms with E-state index in [-0.39, 0.29) is 5.75 Å². The van der Waals surface area contributed by atoms with Crippen LogP contribution in [0.1, 0.15) is 37.3 Å². The maximum absolute atomic E-state index is 12.0. The molecule has 5 heteroatoms. The number of hydrogen-bond acceptors (Lipinski definition) is 3. The van der Waals surface area contributed by atoms with Crippen molar-refractivity contribution in [2.75, 3.05) is 18.8 Å². The predicted octanol–water partition coefficient (Wildman–Crippen LogP) is 2.06. The summed E-state index contributed by atoms with van der Waals surface area (Å²) in [5, 5.41) is 3.30. The summed E-state index contributed by atoms with van der Waals surface area (Å²) >= 11 is 0. The van der Waals surface area contributed by atoms with Gasteiger partial charge in [0.2, 0.25) is 10.0 Å². The van der Waals surface area contributed by atoms with Crippen LogP contribution in [0.5, 0.6) is 0 Å². The first kappa shape index (κ1) is 16.5. The van der Waals surface area contributed by atoms with Crippen LogP contribution in [-0.2, 0) is 23.0 Å². The molecule has 4 nitrogen and oxygen atoms in total. The molecule has 2 rings (SSSR count). The maximum Gasteiger partial charge on any atom is 0.211 e. The average Bonchev–Trinajstić information content (AvgIpc) is 2.53. The fraction of sp³-hybridized carbons (Fsp3) is 0.625. The Morgan fingerprint density at radius 3 is 2.38 bits per heavy atom. The molecule has 2 N–H and O–H groups in total. The van der Waals surface area contributed by atoms with Gasteiger partial charge in [-0.15, -0.1) is 0 Å². The van der Waals surface area contributed by atoms with Gasteiger partial charge in [0.1, 0.15) is 0 Å². The number of nitrogens with one attached hydrogen (secondary N) is 2. The average molecular weight is 310 g/mol. The van der Waals surface area contributed by atoms with Crippen molar-refractivity contribution in [3.8, 4) is 0 Å². The second-order valence-electron chi connectivity index (χ2n) is 5.79. The Hall–Kier alpha value is -0.910. The zero-order valence-electron chi connectivity index (χ0n) is 12.8. The molecule has 1 aromatic rings. The Labute approximate surface area is 128 Å². The second-order valence-corrected chi connectivity index (χ2v) is 7.72. The summed E-state index contributed by atoms with van der Waals surface area (Å²) in [7, 11) is -3.17. The van der Waals surface area contributed by atoms with E-state index in [4.69, 9.17) is 0 Å². The molecule has 0 aliphatic carbocycles. The molecule has 1 aliphatic rings. The molecule has 0 saturated carbocycles. The van der Waals surface area contributed by atoms with E-state index in [2.05, 4.69) is 29.1 Å². The summed E-state index contributed by atoms with van der Waals surface area (Å²) in [6.07, 6.45) is 3.95. The molecule has 1 aromatic carbocycles. The molecule has 0 radical (unpaired) electrons. The molecule has 0 bridgehead atoms. The molecular weight excluding hydrogens is 284 g/mol. The van der Waals surface area contributed by atoms with Crippen molar-refractivity contribution in [1.29, 1.82) is 0 Å². The summed E-state index contributed by atoms with van der Waals surface area (Å²) in [5.74, 6) is 0.789. The quantitative estimate of drug-likeness (QED) is 0.810. The standard InChI is InChI=1S/C16H26N2O2S/c1-2-14-3-5-16(6-4-14)13-18-21(19,20)12-9-15-7-10-17-11-8-15/h3-6,15,17-18H,2,7-13H2,1H3. The van der Waals surface area contributed by atoms with Crippen LogP contribution in [0.25, 0.3) is 0 Å². The van der Waals surface area contributed by atoms with Crippen LogP contribution in [0.2, 0.25) is 0 Å². The van der Waals surface area contributed by atoms with Crippen LogP contribution in [0.15, 0.2) is 24.3 Å². The van der Waals surface area contributed by atoms with Crippen LogP contribution in [0.3, 0.4) is 0 Å². The van der Waals surface area contributed by atoms with E-state index in [9.17, 15) is 8.42 Å². The van der Waals surface area contributed by atoms with Crippen LogP contribution in [0, 0.1) is 5.92 Å². The minimum absolute atomic E-state index is 0.241. The van der Waals surface area contributed by atoms with E-state index in [0.717, 1.165) is 44.3 Å². The van der Waals surface area contributed by atoms with E-state index >= 15 is 0 Å². The lowest BCUT2D eigenvalue weighted by molar-refractivity contribution is 0.365. The highest BCUT2D eigenvalue weighted by atomic mass is 32.2. The smallest absolute Gasteiger partial charge is 0.211 e. The third-order valence-electron chi connectivity index (χ3n) is 4.18. The van der Waals surface area contributed by atoms with Gasteiger partial charge in [-0.05, 0) is 55.8 Å². The molecule has 1 aliphatic heterocycles. The van der Waals surface area contributed by atoms with E-state index in [1.54, 1.807) is 0 Å². The van der Waals surface area contributed by atoms with Gasteiger partial charge in [0.05, 0.1) is 5.75 Å². The molecule has 0 unspecified atom stereocenters. The van der Waals surface area contributed by atoms with E-state index in [0.29, 0.717) is 12.5 Å². The van der Waals surface area contributed by atoms with Crippen molar-refractivity contribution in [2.24, 2.45) is 5.92 Å². The highest BCUT2D eigenvalue weighted by molar-refractivity contribution is 7.89. The Morgan fingerprint density at radius 2 is 1.76 bits per heavy atom. The molecule has 0 amide bonds. The van der Waals surface area contributed by atoms with E-state index < -0.39 is 10.0 Å². The van der Waals surface area contributed by atoms with Crippen LogP contribution in [-0.4, -0.2) is 27.3 Å². The van der Waals surface area contributed by atoms with Crippen molar-refractivity contribution in [2.45, 2.75) is 39.2 Å². The van der Waals surface area contributed by atoms with Crippen LogP contribution < -0.4 is 10.0 Å². The van der Waals surface area contributed by atoms with Crippen molar-refractivity contribution in [3.63, 3.8) is 0 Å². The number of aryl methyl sites for hydroxylation is 1. The number of benzene rings is 1. The molecule has 118 valence electrons. The number of rotatable bonds is 7. The molecular formula is C16H26N2O2S. The normalized spacial score (nSPS) is 17.0. The van der Waals surface area contributed by atoms with Gasteiger partial charge in [0.25, 0.3) is 0 Å². The van der Waals surface area contributed by atoms with Gasteiger partial charge < -0.3 is 5.32 Å². The molecule has 21 heavy (non-hydrogen) atoms. The fourth-order valence-electron chi connectivity index (χ4n) is 2.65. The Balaban J connectivity index is 1.77. The zero-order chi connectivity index (χ0) is 15.1. The Bertz CT molecular complexity index is 520. The topological polar surface area (TPSA) is 58.2 Å². The minimum atomic E-state index is -3.17. The van der Waals surface area contributed by atoms with Gasteiger partial charge in [-0.1, -0.05) is 31.2 Å². The lowest BCUT2D eigenvalue weighted by Crippen LogP contribution is -2.31. The molecule has 1 saturated heterocycles. The first-order chi connectivity index (χ1) is 10.1. The third-order valence-corrected chi connectivity index (χ3v) is 5.54. The zero-order valence-corrected chi connectivity index (χ0v) is 13.6. The molecule has 1 fully saturated rings. The van der Waals surface area contributed by atoms with Crippen molar-refractivity contribution in [1.82, 2.24) is 10.0 Å². The lowest BCUT2D eigenvalue weighted by atomic mass is 9.96. The summed E-state index contributed by atoms with van der Waals surface area (Å²) in [6, 6.07) is 8.10. The van der Waals surface area contributed by atoms with Gasteiger partial charge >= 0.3 is 0 Å². The summed E-state index contributed by atoms with van der Waals surface area (Å²) in [4.78, 5) is 0. The van der Waals surface area contributed by atoms with E-state index in [1.165, 1.54) is 5.56 Å². The Morgan fingerprint density at radius 1 is 1.14 bits per heavy atom. The van der Waals surface area contributed by atoms with Gasteiger partial charge in [-0.25, -0.2) is 13.1 Å². The largest absolute Gasteiger partial charge is 0.317 e. The van der Waals surface area contributed by atoms with Gasteiger partial charge in [-0.3, -0.25) is 0 Å². The first-order valence-corrected chi connectivity index (χ1v) is 9.50. The highest BCUT2D eigenvalue weighted by Crippen LogP contribution is 2.16. The maximum atomic E-state index is 12.0. The minimum Gasteiger partial charge on any atom is -0.317 e. The van der Waals surface area contributed by atoms with Crippen molar-refractivity contribution >= 4 is 10.0 Å². The van der Waals surface area contributed by atoms with Crippen LogP contribution >= 0.6 is 0 Å². The van der Waals surface area contributed by atoms with Crippen LogP contribution in [0.4, 0.5) is 0 Å². The molecule has 1 heterocycles. The highest BCUT2D eigenvalue weighted by Gasteiger charge is 2.17. The predicted molar refractivity (Wildman–Crippen MR) is 86.7 cm³/mol. The van der Waals surface area contributed by atoms with Crippen molar-refractivity contribution < 1.29 is 8.42 Å². The second kappa shape index (κ2) is 7.92. The number of sulfonamides is 1. The number of hydrogen-bond donors (Lipinski definition) is 2. The Kier molecular flexibility index (Phi) is 6.21. The summed E-state index contributed by atoms with van der Waals surface area (Å²) in [5.41, 5.74) is 2.28. The van der Waals surface area contributed by atoms with Gasteiger partial charge in [-0.2, -0.15) is 0 Å². The molecule has 0 spiro atoms. The monoisotopic (exact) mass is 310 g/mol. The number of piperidine rings is 1. The summed E-state index contributed by atoms with van der Waals surface area (Å²) in [6.45, 7) is 4.53. The lowest BCUT2D eigenvalue weighted by Gasteiger charge is -2.22. The van der Waals surface area contributed by atoms with Crippen molar-refractivity contribution in [3.05, 3.63) is 35.4 Å².